The summed E-state index contributed by atoms with van der Waals surface area (Å²) in [5.41, 5.74) is 3.66. The van der Waals surface area contributed by atoms with Gasteiger partial charge in [0.2, 0.25) is 5.91 Å². The van der Waals surface area contributed by atoms with Crippen LogP contribution in [0.25, 0.3) is 11.1 Å². The third-order valence-corrected chi connectivity index (χ3v) is 7.46. The minimum absolute atomic E-state index is 0.0560. The van der Waals surface area contributed by atoms with Crippen molar-refractivity contribution in [3.05, 3.63) is 76.2 Å². The number of carbonyl (C=O) groups is 2. The molecule has 0 atom stereocenters. The number of hydrogen-bond acceptors (Lipinski definition) is 8. The van der Waals surface area contributed by atoms with Crippen LogP contribution in [0, 0.1) is 19.7 Å². The fourth-order valence-corrected chi connectivity index (χ4v) is 5.70. The summed E-state index contributed by atoms with van der Waals surface area (Å²) in [5, 5.41) is 14.0. The molecule has 8 nitrogen and oxygen atoms in total. The highest BCUT2D eigenvalue weighted by molar-refractivity contribution is 7.99. The molecule has 0 spiro atoms. The van der Waals surface area contributed by atoms with Crippen molar-refractivity contribution < 1.29 is 23.5 Å². The van der Waals surface area contributed by atoms with E-state index in [4.69, 9.17) is 9.47 Å². The number of anilines is 1. The molecule has 38 heavy (non-hydrogen) atoms. The fourth-order valence-electron chi connectivity index (χ4n) is 3.90. The third-order valence-electron chi connectivity index (χ3n) is 5.59. The van der Waals surface area contributed by atoms with Crippen LogP contribution in [0.4, 0.5) is 9.39 Å². The Balaban J connectivity index is 1.43. The first-order valence-corrected chi connectivity index (χ1v) is 13.7. The molecule has 2 heterocycles. The van der Waals surface area contributed by atoms with Gasteiger partial charge in [-0.05, 0) is 61.7 Å². The lowest BCUT2D eigenvalue weighted by atomic mass is 10.0. The van der Waals surface area contributed by atoms with Crippen molar-refractivity contribution in [1.82, 2.24) is 14.8 Å². The van der Waals surface area contributed by atoms with Crippen molar-refractivity contribution >= 4 is 40.0 Å². The molecule has 4 aromatic rings. The molecule has 0 aliphatic rings. The second-order valence-corrected chi connectivity index (χ2v) is 10.3. The summed E-state index contributed by atoms with van der Waals surface area (Å²) in [7, 11) is 1.27. The number of amides is 1. The number of aromatic nitrogens is 3. The number of aryl methyl sites for hydroxylation is 2. The number of nitrogens with one attached hydrogen (secondary N) is 1. The Morgan fingerprint density at radius 3 is 2.47 bits per heavy atom. The van der Waals surface area contributed by atoms with Crippen LogP contribution >= 0.6 is 23.1 Å². The van der Waals surface area contributed by atoms with E-state index in [-0.39, 0.29) is 29.6 Å². The molecule has 0 unspecified atom stereocenters. The first-order valence-electron chi connectivity index (χ1n) is 11.8. The molecular weight excluding hydrogens is 527 g/mol. The van der Waals surface area contributed by atoms with Gasteiger partial charge in [0.1, 0.15) is 28.7 Å². The van der Waals surface area contributed by atoms with Gasteiger partial charge < -0.3 is 19.4 Å². The molecule has 4 rings (SSSR count). The Kier molecular flexibility index (Phi) is 8.80. The van der Waals surface area contributed by atoms with Crippen LogP contribution in [0.5, 0.6) is 5.75 Å². The SMILES string of the molecule is CCn1c(COc2cc(C)cc(C)c2)nnc1SCC(=O)Nc1scc(-c2ccc(F)cc2)c1C(=O)OC. The van der Waals surface area contributed by atoms with Crippen molar-refractivity contribution in [2.75, 3.05) is 18.2 Å². The molecule has 11 heteroatoms. The lowest BCUT2D eigenvalue weighted by Gasteiger charge is -2.10. The molecule has 0 radical (unpaired) electrons. The number of esters is 1. The predicted molar refractivity (Wildman–Crippen MR) is 146 cm³/mol. The van der Waals surface area contributed by atoms with Crippen molar-refractivity contribution in [3.8, 4) is 16.9 Å². The maximum Gasteiger partial charge on any atom is 0.341 e. The van der Waals surface area contributed by atoms with E-state index >= 15 is 0 Å². The number of halogens is 1. The van der Waals surface area contributed by atoms with Crippen molar-refractivity contribution in [2.24, 2.45) is 0 Å². The van der Waals surface area contributed by atoms with Crippen LogP contribution < -0.4 is 10.1 Å². The van der Waals surface area contributed by atoms with E-state index in [0.717, 1.165) is 16.9 Å². The van der Waals surface area contributed by atoms with E-state index in [9.17, 15) is 14.0 Å². The minimum atomic E-state index is -0.590. The largest absolute Gasteiger partial charge is 0.486 e. The van der Waals surface area contributed by atoms with E-state index < -0.39 is 5.97 Å². The van der Waals surface area contributed by atoms with Gasteiger partial charge in [-0.2, -0.15) is 0 Å². The summed E-state index contributed by atoms with van der Waals surface area (Å²) in [6.45, 7) is 6.87. The van der Waals surface area contributed by atoms with E-state index in [2.05, 4.69) is 21.6 Å². The molecule has 0 bridgehead atoms. The summed E-state index contributed by atoms with van der Waals surface area (Å²) < 4.78 is 26.1. The first kappa shape index (κ1) is 27.3. The Morgan fingerprint density at radius 1 is 1.11 bits per heavy atom. The molecule has 0 saturated heterocycles. The zero-order valence-corrected chi connectivity index (χ0v) is 23.0. The van der Waals surface area contributed by atoms with Gasteiger partial charge in [0, 0.05) is 17.5 Å². The van der Waals surface area contributed by atoms with Crippen molar-refractivity contribution in [2.45, 2.75) is 39.1 Å². The van der Waals surface area contributed by atoms with Crippen LogP contribution in [0.1, 0.15) is 34.2 Å². The standard InChI is InChI=1S/C27H27FN4O4S2/c1-5-32-22(13-36-20-11-16(2)10-17(3)12-20)30-31-27(32)38-15-23(33)29-25-24(26(34)35-4)21(14-37-25)18-6-8-19(28)9-7-18/h6-12,14H,5,13,15H2,1-4H3,(H,29,33). The van der Waals surface area contributed by atoms with Gasteiger partial charge in [0.15, 0.2) is 11.0 Å². The van der Waals surface area contributed by atoms with E-state index in [1.54, 1.807) is 17.5 Å². The van der Waals surface area contributed by atoms with Crippen LogP contribution in [0.2, 0.25) is 0 Å². The van der Waals surface area contributed by atoms with E-state index in [1.165, 1.54) is 42.3 Å². The van der Waals surface area contributed by atoms with E-state index in [0.29, 0.717) is 33.7 Å². The number of carbonyl (C=O) groups excluding carboxylic acids is 2. The van der Waals surface area contributed by atoms with Crippen molar-refractivity contribution in [1.29, 1.82) is 0 Å². The number of thiophene rings is 1. The van der Waals surface area contributed by atoms with Crippen molar-refractivity contribution in [3.63, 3.8) is 0 Å². The molecule has 0 aliphatic heterocycles. The molecule has 198 valence electrons. The molecule has 2 aromatic carbocycles. The monoisotopic (exact) mass is 554 g/mol. The predicted octanol–water partition coefficient (Wildman–Crippen LogP) is 5.88. The topological polar surface area (TPSA) is 95.3 Å². The summed E-state index contributed by atoms with van der Waals surface area (Å²) in [6, 6.07) is 11.8. The Hall–Kier alpha value is -3.70. The molecule has 1 amide bonds. The number of thioether (sulfide) groups is 1. The number of methoxy groups -OCH3 is 1. The average Bonchev–Trinajstić information content (AvgIpc) is 3.49. The minimum Gasteiger partial charge on any atom is -0.486 e. The number of rotatable bonds is 10. The van der Waals surface area contributed by atoms with Crippen LogP contribution in [-0.2, 0) is 22.7 Å². The maximum atomic E-state index is 13.4. The molecular formula is C27H27FN4O4S2. The molecule has 1 N–H and O–H groups in total. The number of benzene rings is 2. The van der Waals surface area contributed by atoms with Gasteiger partial charge in [0.05, 0.1) is 12.9 Å². The third kappa shape index (κ3) is 6.40. The summed E-state index contributed by atoms with van der Waals surface area (Å²) >= 11 is 2.44. The Bertz CT molecular complexity index is 1430. The highest BCUT2D eigenvalue weighted by Crippen LogP contribution is 2.36. The maximum absolute atomic E-state index is 13.4. The van der Waals surface area contributed by atoms with Gasteiger partial charge >= 0.3 is 5.97 Å². The Labute approximate surface area is 228 Å². The zero-order chi connectivity index (χ0) is 27.2. The molecule has 0 fully saturated rings. The average molecular weight is 555 g/mol. The number of ether oxygens (including phenoxy) is 2. The second-order valence-electron chi connectivity index (χ2n) is 8.44. The normalized spacial score (nSPS) is 10.9. The smallest absolute Gasteiger partial charge is 0.341 e. The number of hydrogen-bond donors (Lipinski definition) is 1. The lowest BCUT2D eigenvalue weighted by Crippen LogP contribution is -2.16. The van der Waals surface area contributed by atoms with Gasteiger partial charge in [-0.3, -0.25) is 4.79 Å². The summed E-state index contributed by atoms with van der Waals surface area (Å²) in [5.74, 6) is 0.192. The van der Waals surface area contributed by atoms with Gasteiger partial charge in [-0.1, -0.05) is 30.0 Å². The Morgan fingerprint density at radius 2 is 1.82 bits per heavy atom. The molecule has 0 aliphatic carbocycles. The molecule has 2 aromatic heterocycles. The number of nitrogens with zero attached hydrogens (tertiary/aromatic N) is 3. The van der Waals surface area contributed by atoms with Gasteiger partial charge in [-0.25, -0.2) is 9.18 Å². The zero-order valence-electron chi connectivity index (χ0n) is 21.4. The quantitative estimate of drug-likeness (QED) is 0.193. The fraction of sp³-hybridized carbons (Fsp3) is 0.259. The highest BCUT2D eigenvalue weighted by atomic mass is 32.2. The van der Waals surface area contributed by atoms with Gasteiger partial charge in [0.25, 0.3) is 0 Å². The van der Waals surface area contributed by atoms with Crippen LogP contribution in [0.15, 0.2) is 53.0 Å². The first-order chi connectivity index (χ1) is 18.3. The van der Waals surface area contributed by atoms with Crippen LogP contribution in [0.3, 0.4) is 0 Å². The summed E-state index contributed by atoms with van der Waals surface area (Å²) in [4.78, 5) is 25.3. The highest BCUT2D eigenvalue weighted by Gasteiger charge is 2.23. The van der Waals surface area contributed by atoms with Crippen LogP contribution in [-0.4, -0.2) is 39.5 Å². The lowest BCUT2D eigenvalue weighted by molar-refractivity contribution is -0.113. The summed E-state index contributed by atoms with van der Waals surface area (Å²) in [6.07, 6.45) is 0. The molecule has 0 saturated carbocycles. The second kappa shape index (κ2) is 12.2. The van der Waals surface area contributed by atoms with E-state index in [1.807, 2.05) is 37.5 Å². The van der Waals surface area contributed by atoms with Gasteiger partial charge in [-0.15, -0.1) is 21.5 Å².